The third-order valence-corrected chi connectivity index (χ3v) is 2.84. The van der Waals surface area contributed by atoms with E-state index in [0.717, 1.165) is 0 Å². The number of hydrogen-bond donors (Lipinski definition) is 2. The quantitative estimate of drug-likeness (QED) is 0.884. The van der Waals surface area contributed by atoms with Gasteiger partial charge in [-0.05, 0) is 32.0 Å². The molecule has 2 amide bonds. The molecule has 0 spiro atoms. The van der Waals surface area contributed by atoms with E-state index in [1.807, 2.05) is 13.8 Å². The van der Waals surface area contributed by atoms with Crippen LogP contribution in [0.5, 0.6) is 0 Å². The van der Waals surface area contributed by atoms with Crippen molar-refractivity contribution in [1.29, 1.82) is 0 Å². The fourth-order valence-electron chi connectivity index (χ4n) is 1.46. The molecular formula is C12H15ClN2O3. The van der Waals surface area contributed by atoms with Gasteiger partial charge in [-0.2, -0.15) is 0 Å². The highest BCUT2D eigenvalue weighted by atomic mass is 35.5. The number of carbonyl (C=O) groups is 2. The topological polar surface area (TPSA) is 69.6 Å². The van der Waals surface area contributed by atoms with E-state index in [1.54, 1.807) is 4.90 Å². The second-order valence-electron chi connectivity index (χ2n) is 3.60. The summed E-state index contributed by atoms with van der Waals surface area (Å²) in [4.78, 5) is 24.2. The number of aromatic carboxylic acids is 1. The molecule has 98 valence electrons. The highest BCUT2D eigenvalue weighted by molar-refractivity contribution is 6.33. The van der Waals surface area contributed by atoms with Crippen molar-refractivity contribution in [3.63, 3.8) is 0 Å². The first kappa shape index (κ1) is 14.3. The molecule has 0 atom stereocenters. The first-order valence-electron chi connectivity index (χ1n) is 5.58. The first-order valence-corrected chi connectivity index (χ1v) is 5.96. The molecule has 6 heteroatoms. The van der Waals surface area contributed by atoms with Gasteiger partial charge in [-0.25, -0.2) is 9.59 Å². The van der Waals surface area contributed by atoms with Gasteiger partial charge in [-0.3, -0.25) is 0 Å². The Kier molecular flexibility index (Phi) is 4.97. The number of nitrogens with one attached hydrogen (secondary N) is 1. The highest BCUT2D eigenvalue weighted by Gasteiger charge is 2.13. The molecule has 0 aliphatic rings. The molecule has 0 saturated carbocycles. The number of carboxylic acid groups (broad SMARTS) is 1. The highest BCUT2D eigenvalue weighted by Crippen LogP contribution is 2.23. The molecule has 1 rings (SSSR count). The van der Waals surface area contributed by atoms with E-state index in [9.17, 15) is 9.59 Å². The molecule has 0 aliphatic heterocycles. The molecule has 1 aromatic rings. The molecule has 0 bridgehead atoms. The van der Waals surface area contributed by atoms with Gasteiger partial charge in [0.1, 0.15) is 0 Å². The molecule has 0 aliphatic carbocycles. The van der Waals surface area contributed by atoms with Crippen LogP contribution in [-0.4, -0.2) is 35.1 Å². The minimum Gasteiger partial charge on any atom is -0.478 e. The van der Waals surface area contributed by atoms with Crippen LogP contribution in [0.4, 0.5) is 10.5 Å². The van der Waals surface area contributed by atoms with E-state index in [1.165, 1.54) is 18.2 Å². The lowest BCUT2D eigenvalue weighted by Crippen LogP contribution is -2.34. The minimum atomic E-state index is -1.06. The Morgan fingerprint density at radius 2 is 1.94 bits per heavy atom. The summed E-state index contributed by atoms with van der Waals surface area (Å²) in [6.07, 6.45) is 0. The number of anilines is 1. The number of nitrogens with zero attached hydrogens (tertiary/aromatic N) is 1. The Bertz CT molecular complexity index is 459. The fourth-order valence-corrected chi connectivity index (χ4v) is 1.62. The Labute approximate surface area is 110 Å². The molecule has 0 unspecified atom stereocenters. The summed E-state index contributed by atoms with van der Waals surface area (Å²) < 4.78 is 0. The molecule has 0 saturated heterocycles. The van der Waals surface area contributed by atoms with Gasteiger partial charge >= 0.3 is 12.0 Å². The van der Waals surface area contributed by atoms with Gasteiger partial charge in [-0.1, -0.05) is 11.6 Å². The molecule has 2 N–H and O–H groups in total. The van der Waals surface area contributed by atoms with Crippen molar-refractivity contribution in [1.82, 2.24) is 4.90 Å². The fraction of sp³-hybridized carbons (Fsp3) is 0.333. The van der Waals surface area contributed by atoms with E-state index in [2.05, 4.69) is 5.32 Å². The van der Waals surface area contributed by atoms with Crippen LogP contribution in [0.3, 0.4) is 0 Å². The van der Waals surface area contributed by atoms with Gasteiger partial charge in [-0.15, -0.1) is 0 Å². The molecule has 1 aromatic carbocycles. The van der Waals surface area contributed by atoms with Crippen LogP contribution in [0, 0.1) is 0 Å². The van der Waals surface area contributed by atoms with Crippen LogP contribution in [-0.2, 0) is 0 Å². The summed E-state index contributed by atoms with van der Waals surface area (Å²) in [5, 5.41) is 11.8. The van der Waals surface area contributed by atoms with E-state index in [-0.39, 0.29) is 11.6 Å². The molecule has 5 nitrogen and oxygen atoms in total. The Balaban J connectivity index is 2.93. The number of halogens is 1. The van der Waals surface area contributed by atoms with Gasteiger partial charge in [0.15, 0.2) is 0 Å². The van der Waals surface area contributed by atoms with Crippen LogP contribution in [0.1, 0.15) is 24.2 Å². The number of rotatable bonds is 4. The lowest BCUT2D eigenvalue weighted by atomic mass is 10.2. The van der Waals surface area contributed by atoms with Crippen molar-refractivity contribution in [2.24, 2.45) is 0 Å². The normalized spacial score (nSPS) is 9.94. The average Bonchev–Trinajstić information content (AvgIpc) is 2.33. The van der Waals surface area contributed by atoms with E-state index < -0.39 is 5.97 Å². The average molecular weight is 271 g/mol. The predicted molar refractivity (Wildman–Crippen MR) is 70.4 cm³/mol. The summed E-state index contributed by atoms with van der Waals surface area (Å²) in [5.74, 6) is -1.06. The van der Waals surface area contributed by atoms with Gasteiger partial charge in [0.25, 0.3) is 0 Å². The van der Waals surface area contributed by atoms with Gasteiger partial charge in [0.2, 0.25) is 0 Å². The first-order chi connectivity index (χ1) is 8.49. The predicted octanol–water partition coefficient (Wildman–Crippen LogP) is 2.91. The van der Waals surface area contributed by atoms with Crippen LogP contribution in [0.15, 0.2) is 18.2 Å². The summed E-state index contributed by atoms with van der Waals surface area (Å²) in [7, 11) is 0. The van der Waals surface area contributed by atoms with E-state index in [4.69, 9.17) is 16.7 Å². The number of amides is 2. The SMILES string of the molecule is CCN(CC)C(=O)Nc1cc(C(=O)O)ccc1Cl. The van der Waals surface area contributed by atoms with Crippen molar-refractivity contribution in [2.45, 2.75) is 13.8 Å². The standard InChI is InChI=1S/C12H15ClN2O3/c1-3-15(4-2)12(18)14-10-7-8(11(16)17)5-6-9(10)13/h5-7H,3-4H2,1-2H3,(H,14,18)(H,16,17). The smallest absolute Gasteiger partial charge is 0.335 e. The number of hydrogen-bond acceptors (Lipinski definition) is 2. The maximum Gasteiger partial charge on any atom is 0.335 e. The zero-order valence-corrected chi connectivity index (χ0v) is 11.0. The molecular weight excluding hydrogens is 256 g/mol. The van der Waals surface area contributed by atoms with Crippen molar-refractivity contribution in [2.75, 3.05) is 18.4 Å². The zero-order valence-electron chi connectivity index (χ0n) is 10.2. The summed E-state index contributed by atoms with van der Waals surface area (Å²) >= 11 is 5.91. The van der Waals surface area contributed by atoms with Gasteiger partial charge < -0.3 is 15.3 Å². The maximum atomic E-state index is 11.8. The van der Waals surface area contributed by atoms with Crippen LogP contribution in [0.25, 0.3) is 0 Å². The lowest BCUT2D eigenvalue weighted by molar-refractivity contribution is 0.0697. The van der Waals surface area contributed by atoms with Crippen molar-refractivity contribution >= 4 is 29.3 Å². The molecule has 0 radical (unpaired) electrons. The molecule has 0 heterocycles. The monoisotopic (exact) mass is 270 g/mol. The third-order valence-electron chi connectivity index (χ3n) is 2.51. The van der Waals surface area contributed by atoms with E-state index >= 15 is 0 Å². The zero-order chi connectivity index (χ0) is 13.7. The van der Waals surface area contributed by atoms with Crippen LogP contribution in [0.2, 0.25) is 5.02 Å². The third kappa shape index (κ3) is 3.37. The molecule has 18 heavy (non-hydrogen) atoms. The number of benzene rings is 1. The Morgan fingerprint density at radius 3 is 2.44 bits per heavy atom. The number of urea groups is 1. The summed E-state index contributed by atoms with van der Waals surface area (Å²) in [6.45, 7) is 4.86. The second kappa shape index (κ2) is 6.26. The van der Waals surface area contributed by atoms with Gasteiger partial charge in [0, 0.05) is 13.1 Å². The number of carboxylic acids is 1. The Morgan fingerprint density at radius 1 is 1.33 bits per heavy atom. The van der Waals surface area contributed by atoms with Crippen LogP contribution >= 0.6 is 11.6 Å². The van der Waals surface area contributed by atoms with Crippen LogP contribution < -0.4 is 5.32 Å². The second-order valence-corrected chi connectivity index (χ2v) is 4.01. The maximum absolute atomic E-state index is 11.8. The lowest BCUT2D eigenvalue weighted by Gasteiger charge is -2.19. The summed E-state index contributed by atoms with van der Waals surface area (Å²) in [6, 6.07) is 3.87. The van der Waals surface area contributed by atoms with Gasteiger partial charge in [0.05, 0.1) is 16.3 Å². The molecule has 0 fully saturated rings. The van der Waals surface area contributed by atoms with Crippen molar-refractivity contribution < 1.29 is 14.7 Å². The minimum absolute atomic E-state index is 0.0780. The molecule has 0 aromatic heterocycles. The summed E-state index contributed by atoms with van der Waals surface area (Å²) in [5.41, 5.74) is 0.378. The van der Waals surface area contributed by atoms with E-state index in [0.29, 0.717) is 23.8 Å². The number of carbonyl (C=O) groups excluding carboxylic acids is 1. The largest absolute Gasteiger partial charge is 0.478 e. The van der Waals surface area contributed by atoms with Crippen molar-refractivity contribution in [3.8, 4) is 0 Å². The Hall–Kier alpha value is -1.75. The van der Waals surface area contributed by atoms with Crippen molar-refractivity contribution in [3.05, 3.63) is 28.8 Å².